The Kier molecular flexibility index (Phi) is 13.6. The van der Waals surface area contributed by atoms with Crippen LogP contribution in [-0.4, -0.2) is 73.0 Å². The van der Waals surface area contributed by atoms with Crippen LogP contribution in [0.1, 0.15) is 13.8 Å². The van der Waals surface area contributed by atoms with Gasteiger partial charge >= 0.3 is 17.1 Å². The zero-order chi connectivity index (χ0) is 16.4. The van der Waals surface area contributed by atoms with Crippen molar-refractivity contribution in [2.45, 2.75) is 20.0 Å². The molecule has 7 nitrogen and oxygen atoms in total. The van der Waals surface area contributed by atoms with Crippen LogP contribution in [0.15, 0.2) is 20.4 Å². The van der Waals surface area contributed by atoms with Crippen molar-refractivity contribution in [2.75, 3.05) is 34.8 Å². The van der Waals surface area contributed by atoms with Gasteiger partial charge in [-0.05, 0) is 13.8 Å². The van der Waals surface area contributed by atoms with Crippen molar-refractivity contribution in [3.05, 3.63) is 0 Å². The van der Waals surface area contributed by atoms with Crippen LogP contribution in [0.4, 0.5) is 0 Å². The Morgan fingerprint density at radius 2 is 1.55 bits per heavy atom. The number of hydrogen-bond acceptors (Lipinski definition) is 7. The van der Waals surface area contributed by atoms with Gasteiger partial charge in [-0.25, -0.2) is 0 Å². The monoisotopic (exact) mass is 393 g/mol. The summed E-state index contributed by atoms with van der Waals surface area (Å²) in [6, 6.07) is 0. The first kappa shape index (κ1) is 23.5. The summed E-state index contributed by atoms with van der Waals surface area (Å²) in [5.74, 6) is 0. The van der Waals surface area contributed by atoms with E-state index in [0.717, 1.165) is 0 Å². The number of hydrogen-bond donors (Lipinski definition) is 0. The molecule has 0 rings (SSSR count). The quantitative estimate of drug-likeness (QED) is 0.218. The Morgan fingerprint density at radius 1 is 1.05 bits per heavy atom. The average molecular weight is 394 g/mol. The van der Waals surface area contributed by atoms with Crippen molar-refractivity contribution in [3.63, 3.8) is 0 Å². The van der Waals surface area contributed by atoms with Gasteiger partial charge < -0.3 is 39.8 Å². The molecule has 0 aliphatic carbocycles. The first-order valence-electron chi connectivity index (χ1n) is 6.36. The van der Waals surface area contributed by atoms with Gasteiger partial charge in [0.2, 0.25) is 0 Å². The maximum Gasteiger partial charge on any atom is 2.00 e. The maximum atomic E-state index is 5.48. The fraction of sp³-hybridized carbons (Fsp3) is 0.667. The van der Waals surface area contributed by atoms with E-state index in [1.807, 2.05) is 13.8 Å². The summed E-state index contributed by atoms with van der Waals surface area (Å²) >= 11 is 10.1. The Morgan fingerprint density at radius 3 is 2.00 bits per heavy atom. The van der Waals surface area contributed by atoms with E-state index < -0.39 is 0 Å². The van der Waals surface area contributed by atoms with Crippen LogP contribution >= 0.6 is 0 Å². The molecule has 1 atom stereocenters. The third kappa shape index (κ3) is 10.0. The van der Waals surface area contributed by atoms with E-state index in [1.54, 1.807) is 38.0 Å². The minimum absolute atomic E-state index is 0. The molecule has 22 heavy (non-hydrogen) atoms. The van der Waals surface area contributed by atoms with Gasteiger partial charge in [-0.1, -0.05) is 0 Å². The number of nitrogens with zero attached hydrogens (tertiary/aromatic N) is 6. The zero-order valence-corrected chi connectivity index (χ0v) is 16.1. The third-order valence-electron chi connectivity index (χ3n) is 2.18. The SMILES string of the molecule is CCOC(C)C(/C=N/N=C(\[S-])N(C)C)=N/N=C(\[S-])N(C)C.[Cu+2]. The Balaban J connectivity index is 0. The van der Waals surface area contributed by atoms with Gasteiger partial charge in [0.1, 0.15) is 11.8 Å². The van der Waals surface area contributed by atoms with E-state index in [-0.39, 0.29) is 23.2 Å². The smallest absolute Gasteiger partial charge is 0.741 e. The maximum absolute atomic E-state index is 5.48. The van der Waals surface area contributed by atoms with E-state index in [2.05, 4.69) is 20.4 Å². The van der Waals surface area contributed by atoms with Crippen LogP contribution in [0.2, 0.25) is 0 Å². The minimum Gasteiger partial charge on any atom is -0.741 e. The molecule has 0 aliphatic heterocycles. The molecule has 1 radical (unpaired) electrons. The van der Waals surface area contributed by atoms with Crippen LogP contribution in [0.5, 0.6) is 0 Å². The van der Waals surface area contributed by atoms with Gasteiger partial charge in [-0.15, -0.1) is 0 Å². The minimum atomic E-state index is -0.268. The normalized spacial score (nSPS) is 14.7. The number of ether oxygens (including phenoxy) is 1. The number of rotatable bonds is 6. The third-order valence-corrected chi connectivity index (χ3v) is 3.08. The summed E-state index contributed by atoms with van der Waals surface area (Å²) in [4.78, 5) is 3.37. The van der Waals surface area contributed by atoms with E-state index >= 15 is 0 Å². The molecule has 0 bridgehead atoms. The van der Waals surface area contributed by atoms with Crippen LogP contribution < -0.4 is 0 Å². The Hall–Kier alpha value is -0.801. The van der Waals surface area contributed by atoms with Crippen molar-refractivity contribution in [1.82, 2.24) is 9.80 Å². The summed E-state index contributed by atoms with van der Waals surface area (Å²) in [5.41, 5.74) is 0.520. The van der Waals surface area contributed by atoms with Crippen molar-refractivity contribution in [3.8, 4) is 0 Å². The molecule has 0 aromatic rings. The molecular formula is C12H22CuN6OS2. The predicted molar refractivity (Wildman–Crippen MR) is 94.0 cm³/mol. The topological polar surface area (TPSA) is 65.2 Å². The van der Waals surface area contributed by atoms with Gasteiger partial charge in [0, 0.05) is 45.1 Å². The summed E-state index contributed by atoms with van der Waals surface area (Å²) in [5, 5.41) is 16.5. The molecule has 1 unspecified atom stereocenters. The molecule has 0 spiro atoms. The molecule has 0 aromatic carbocycles. The molecule has 0 N–H and O–H groups in total. The summed E-state index contributed by atoms with van der Waals surface area (Å²) in [7, 11) is 7.19. The Bertz CT molecular complexity index is 437. The molecule has 0 heterocycles. The van der Waals surface area contributed by atoms with E-state index in [9.17, 15) is 0 Å². The van der Waals surface area contributed by atoms with Gasteiger partial charge in [0.15, 0.2) is 0 Å². The van der Waals surface area contributed by atoms with Crippen molar-refractivity contribution in [2.24, 2.45) is 20.4 Å². The summed E-state index contributed by atoms with van der Waals surface area (Å²) in [6.07, 6.45) is 1.20. The van der Waals surface area contributed by atoms with Crippen molar-refractivity contribution >= 4 is 47.5 Å². The molecular weight excluding hydrogens is 372 g/mol. The van der Waals surface area contributed by atoms with Gasteiger partial charge in [-0.3, -0.25) is 0 Å². The van der Waals surface area contributed by atoms with Crippen molar-refractivity contribution < 1.29 is 21.8 Å². The molecule has 0 saturated carbocycles. The molecule has 10 heteroatoms. The average Bonchev–Trinajstić information content (AvgIpc) is 2.41. The predicted octanol–water partition coefficient (Wildman–Crippen LogP) is 0.680. The molecule has 0 amide bonds. The first-order valence-corrected chi connectivity index (χ1v) is 7.18. The van der Waals surface area contributed by atoms with E-state index in [4.69, 9.17) is 30.0 Å². The molecule has 0 saturated heterocycles. The zero-order valence-electron chi connectivity index (χ0n) is 13.6. The summed E-state index contributed by atoms with van der Waals surface area (Å²) in [6.45, 7) is 4.31. The largest absolute Gasteiger partial charge is 2.00 e. The van der Waals surface area contributed by atoms with Crippen LogP contribution in [0.3, 0.4) is 0 Å². The second-order valence-corrected chi connectivity index (χ2v) is 5.15. The van der Waals surface area contributed by atoms with Crippen LogP contribution in [0.25, 0.3) is 0 Å². The molecule has 0 aromatic heterocycles. The van der Waals surface area contributed by atoms with E-state index in [0.29, 0.717) is 22.7 Å². The van der Waals surface area contributed by atoms with Gasteiger partial charge in [-0.2, -0.15) is 20.4 Å². The molecule has 0 aliphatic rings. The first-order chi connectivity index (χ1) is 9.79. The van der Waals surface area contributed by atoms with Crippen molar-refractivity contribution in [1.29, 1.82) is 0 Å². The summed E-state index contributed by atoms with van der Waals surface area (Å²) < 4.78 is 5.48. The fourth-order valence-electron chi connectivity index (χ4n) is 0.964. The Labute approximate surface area is 154 Å². The fourth-order valence-corrected chi connectivity index (χ4v) is 1.05. The van der Waals surface area contributed by atoms with E-state index in [1.165, 1.54) is 6.21 Å². The standard InChI is InChI=1S/C12H24N6OS2.Cu/c1-7-19-9(2)10(14-16-12(21)18(5)6)8-13-15-11(20)17(3)4;/h8-9H,7H2,1-6H3,(H,15,20)(H,16,21);/q;+2/p-2/b13-8+,14-10+;. The molecule has 129 valence electrons. The van der Waals surface area contributed by atoms with Crippen LogP contribution in [-0.2, 0) is 47.1 Å². The second kappa shape index (κ2) is 12.7. The van der Waals surface area contributed by atoms with Crippen LogP contribution in [0, 0.1) is 0 Å². The van der Waals surface area contributed by atoms with Gasteiger partial charge in [0.05, 0.1) is 6.21 Å². The molecule has 0 fully saturated rings. The van der Waals surface area contributed by atoms with Gasteiger partial charge in [0.25, 0.3) is 0 Å². The number of amidine groups is 2. The second-order valence-electron chi connectivity index (χ2n) is 4.42.